The highest BCUT2D eigenvalue weighted by Gasteiger charge is 2.29. The van der Waals surface area contributed by atoms with Crippen LogP contribution in [0, 0.1) is 0 Å². The van der Waals surface area contributed by atoms with Crippen molar-refractivity contribution in [1.29, 1.82) is 0 Å². The summed E-state index contributed by atoms with van der Waals surface area (Å²) >= 11 is 0. The van der Waals surface area contributed by atoms with Crippen LogP contribution in [0.4, 0.5) is 5.82 Å². The minimum Gasteiger partial charge on any atom is -0.353 e. The number of amides is 1. The number of nitrogens with zero attached hydrogens (tertiary/aromatic N) is 4. The van der Waals surface area contributed by atoms with Gasteiger partial charge in [0.2, 0.25) is 5.91 Å². The second kappa shape index (κ2) is 7.94. The van der Waals surface area contributed by atoms with Crippen LogP contribution >= 0.6 is 24.8 Å². The third-order valence-electron chi connectivity index (χ3n) is 4.32. The molecular formula is C14H23Cl2N5O. The van der Waals surface area contributed by atoms with E-state index in [0.717, 1.165) is 50.5 Å². The Kier molecular flexibility index (Phi) is 6.84. The molecule has 0 bridgehead atoms. The van der Waals surface area contributed by atoms with Crippen LogP contribution in [0.2, 0.25) is 0 Å². The van der Waals surface area contributed by atoms with Crippen molar-refractivity contribution in [2.75, 3.05) is 31.1 Å². The Labute approximate surface area is 143 Å². The Balaban J connectivity index is 0.00000121. The summed E-state index contributed by atoms with van der Waals surface area (Å²) in [6, 6.07) is 2.41. The molecule has 2 N–H and O–H groups in total. The maximum Gasteiger partial charge on any atom is 0.219 e. The fraction of sp³-hybridized carbons (Fsp3) is 0.643. The Hall–Kier alpha value is -1.11. The molecule has 6 nitrogen and oxygen atoms in total. The predicted molar refractivity (Wildman–Crippen MR) is 90.9 cm³/mol. The second-order valence-corrected chi connectivity index (χ2v) is 5.72. The van der Waals surface area contributed by atoms with Gasteiger partial charge in [0.15, 0.2) is 0 Å². The Morgan fingerprint density at radius 1 is 1.18 bits per heavy atom. The second-order valence-electron chi connectivity index (χ2n) is 5.72. The summed E-state index contributed by atoms with van der Waals surface area (Å²) in [5.41, 5.74) is 6.94. The van der Waals surface area contributed by atoms with Crippen molar-refractivity contribution >= 4 is 36.5 Å². The van der Waals surface area contributed by atoms with Gasteiger partial charge in [-0.1, -0.05) is 0 Å². The average molecular weight is 348 g/mol. The molecule has 1 aromatic heterocycles. The van der Waals surface area contributed by atoms with Crippen LogP contribution in [0.3, 0.4) is 0 Å². The van der Waals surface area contributed by atoms with E-state index in [4.69, 9.17) is 5.73 Å². The number of carbonyl (C=O) groups excluding carboxylic acids is 1. The maximum atomic E-state index is 11.3. The van der Waals surface area contributed by atoms with Gasteiger partial charge in [0.1, 0.15) is 12.1 Å². The first kappa shape index (κ1) is 18.9. The third kappa shape index (κ3) is 4.00. The normalized spacial score (nSPS) is 23.9. The predicted octanol–water partition coefficient (Wildman–Crippen LogP) is 1.19. The van der Waals surface area contributed by atoms with Crippen molar-refractivity contribution in [2.24, 2.45) is 5.73 Å². The van der Waals surface area contributed by atoms with E-state index in [0.29, 0.717) is 12.0 Å². The van der Waals surface area contributed by atoms with Gasteiger partial charge in [-0.3, -0.25) is 4.79 Å². The molecule has 124 valence electrons. The summed E-state index contributed by atoms with van der Waals surface area (Å²) in [7, 11) is 0. The molecule has 0 spiro atoms. The van der Waals surface area contributed by atoms with Crippen LogP contribution in [0.5, 0.6) is 0 Å². The first-order valence-corrected chi connectivity index (χ1v) is 7.21. The van der Waals surface area contributed by atoms with Gasteiger partial charge in [0.05, 0.1) is 0 Å². The molecule has 8 heteroatoms. The van der Waals surface area contributed by atoms with E-state index in [1.54, 1.807) is 13.3 Å². The minimum atomic E-state index is 0. The van der Waals surface area contributed by atoms with Gasteiger partial charge < -0.3 is 15.5 Å². The molecule has 1 saturated carbocycles. The van der Waals surface area contributed by atoms with Crippen LogP contribution in [-0.2, 0) is 4.79 Å². The van der Waals surface area contributed by atoms with Crippen LogP contribution in [0.15, 0.2) is 12.4 Å². The highest BCUT2D eigenvalue weighted by atomic mass is 35.5. The molecule has 0 aromatic carbocycles. The summed E-state index contributed by atoms with van der Waals surface area (Å²) in [4.78, 5) is 24.2. The Morgan fingerprint density at radius 3 is 2.36 bits per heavy atom. The standard InChI is InChI=1S/C14H21N5O.2ClH/c1-10(20)18-2-4-19(5-3-18)14-8-13(16-9-17-14)11-6-12(15)7-11;;/h8-9,11-12H,2-7,15H2,1H3;2*1H. The van der Waals surface area contributed by atoms with Crippen LogP contribution < -0.4 is 10.6 Å². The fourth-order valence-electron chi connectivity index (χ4n) is 2.91. The quantitative estimate of drug-likeness (QED) is 0.869. The molecule has 0 atom stereocenters. The molecule has 2 fully saturated rings. The Bertz CT molecular complexity index is 502. The number of halogens is 2. The number of aromatic nitrogens is 2. The average Bonchev–Trinajstić information content (AvgIpc) is 2.44. The van der Waals surface area contributed by atoms with Crippen molar-refractivity contribution in [3.8, 4) is 0 Å². The first-order valence-electron chi connectivity index (χ1n) is 7.21. The smallest absolute Gasteiger partial charge is 0.219 e. The molecule has 1 aliphatic carbocycles. The number of hydrogen-bond acceptors (Lipinski definition) is 5. The lowest BCUT2D eigenvalue weighted by atomic mass is 9.78. The lowest BCUT2D eigenvalue weighted by Crippen LogP contribution is -2.48. The van der Waals surface area contributed by atoms with E-state index in [-0.39, 0.29) is 30.7 Å². The lowest BCUT2D eigenvalue weighted by Gasteiger charge is -2.36. The third-order valence-corrected chi connectivity index (χ3v) is 4.32. The summed E-state index contributed by atoms with van der Waals surface area (Å²) in [6.45, 7) is 4.82. The van der Waals surface area contributed by atoms with E-state index in [2.05, 4.69) is 20.9 Å². The van der Waals surface area contributed by atoms with Crippen molar-refractivity contribution in [3.63, 3.8) is 0 Å². The first-order chi connectivity index (χ1) is 9.63. The van der Waals surface area contributed by atoms with Gasteiger partial charge in [0, 0.05) is 56.8 Å². The van der Waals surface area contributed by atoms with E-state index < -0.39 is 0 Å². The van der Waals surface area contributed by atoms with E-state index >= 15 is 0 Å². The molecular weight excluding hydrogens is 325 g/mol. The molecule has 0 unspecified atom stereocenters. The minimum absolute atomic E-state index is 0. The fourth-order valence-corrected chi connectivity index (χ4v) is 2.91. The van der Waals surface area contributed by atoms with Gasteiger partial charge >= 0.3 is 0 Å². The molecule has 1 saturated heterocycles. The van der Waals surface area contributed by atoms with Crippen molar-refractivity contribution in [1.82, 2.24) is 14.9 Å². The molecule has 2 aliphatic rings. The van der Waals surface area contributed by atoms with Crippen LogP contribution in [0.25, 0.3) is 0 Å². The number of piperazine rings is 1. The van der Waals surface area contributed by atoms with Gasteiger partial charge in [-0.2, -0.15) is 0 Å². The molecule has 3 rings (SSSR count). The zero-order chi connectivity index (χ0) is 14.1. The zero-order valence-corrected chi connectivity index (χ0v) is 14.3. The number of hydrogen-bond donors (Lipinski definition) is 1. The molecule has 1 aliphatic heterocycles. The van der Waals surface area contributed by atoms with E-state index in [1.165, 1.54) is 0 Å². The van der Waals surface area contributed by atoms with Crippen molar-refractivity contribution in [2.45, 2.75) is 31.7 Å². The molecule has 2 heterocycles. The summed E-state index contributed by atoms with van der Waals surface area (Å²) in [5.74, 6) is 1.61. The Morgan fingerprint density at radius 2 is 1.82 bits per heavy atom. The SMILES string of the molecule is CC(=O)N1CCN(c2cc(C3CC(N)C3)ncn2)CC1.Cl.Cl. The molecule has 1 amide bonds. The van der Waals surface area contributed by atoms with Crippen LogP contribution in [-0.4, -0.2) is 53.0 Å². The van der Waals surface area contributed by atoms with Crippen LogP contribution in [0.1, 0.15) is 31.4 Å². The van der Waals surface area contributed by atoms with Crippen molar-refractivity contribution in [3.05, 3.63) is 18.1 Å². The topological polar surface area (TPSA) is 75.4 Å². The summed E-state index contributed by atoms with van der Waals surface area (Å²) < 4.78 is 0. The number of nitrogens with two attached hydrogens (primary N) is 1. The van der Waals surface area contributed by atoms with Gasteiger partial charge in [-0.15, -0.1) is 24.8 Å². The van der Waals surface area contributed by atoms with E-state index in [9.17, 15) is 4.79 Å². The van der Waals surface area contributed by atoms with Gasteiger partial charge in [-0.05, 0) is 12.8 Å². The largest absolute Gasteiger partial charge is 0.353 e. The maximum absolute atomic E-state index is 11.3. The molecule has 1 aromatic rings. The highest BCUT2D eigenvalue weighted by molar-refractivity contribution is 5.85. The zero-order valence-electron chi connectivity index (χ0n) is 12.6. The van der Waals surface area contributed by atoms with E-state index in [1.807, 2.05) is 4.90 Å². The van der Waals surface area contributed by atoms with Crippen molar-refractivity contribution < 1.29 is 4.79 Å². The molecule has 0 radical (unpaired) electrons. The lowest BCUT2D eigenvalue weighted by molar-refractivity contribution is -0.129. The highest BCUT2D eigenvalue weighted by Crippen LogP contribution is 2.35. The summed E-state index contributed by atoms with van der Waals surface area (Å²) in [6.07, 6.45) is 3.69. The number of rotatable bonds is 2. The van der Waals surface area contributed by atoms with Gasteiger partial charge in [0.25, 0.3) is 0 Å². The summed E-state index contributed by atoms with van der Waals surface area (Å²) in [5, 5.41) is 0. The number of carbonyl (C=O) groups is 1. The van der Waals surface area contributed by atoms with Gasteiger partial charge in [-0.25, -0.2) is 9.97 Å². The molecule has 22 heavy (non-hydrogen) atoms. The monoisotopic (exact) mass is 347 g/mol. The number of anilines is 1.